The molecule has 0 saturated heterocycles. The van der Waals surface area contributed by atoms with E-state index in [4.69, 9.17) is 58.6 Å². The van der Waals surface area contributed by atoms with Crippen LogP contribution in [0.3, 0.4) is 0 Å². The maximum Gasteiger partial charge on any atom is 0.228 e. The summed E-state index contributed by atoms with van der Waals surface area (Å²) in [5.41, 5.74) is 0.610. The Labute approximate surface area is 193 Å². The molecular formula is C19H27Cl4N3OS. The molecule has 0 saturated carbocycles. The minimum absolute atomic E-state index is 0.181. The van der Waals surface area contributed by atoms with Crippen LogP contribution in [0.15, 0.2) is 24.3 Å². The van der Waals surface area contributed by atoms with Crippen LogP contribution in [0.1, 0.15) is 58.3 Å². The lowest BCUT2D eigenvalue weighted by Gasteiger charge is -2.28. The highest BCUT2D eigenvalue weighted by Gasteiger charge is 2.34. The standard InChI is InChI=1S/C19H27Cl4N3OS/c1-2-3-4-5-6-7-8-13-16(27)25-17(19(21,22)23)26-18(28)24-15-12-10-9-11-14(15)20/h9-12,17H,2-8,13H2,1H3,(H,25,27)(H2,24,26,28). The van der Waals surface area contributed by atoms with Crippen LogP contribution in [0.5, 0.6) is 0 Å². The summed E-state index contributed by atoms with van der Waals surface area (Å²) in [6.07, 6.45) is 7.27. The van der Waals surface area contributed by atoms with Crippen molar-refractivity contribution in [3.05, 3.63) is 29.3 Å². The fraction of sp³-hybridized carbons (Fsp3) is 0.579. The topological polar surface area (TPSA) is 53.2 Å². The molecule has 1 atom stereocenters. The fourth-order valence-corrected chi connectivity index (χ4v) is 3.27. The first kappa shape index (κ1) is 25.6. The van der Waals surface area contributed by atoms with Crippen molar-refractivity contribution in [3.63, 3.8) is 0 Å². The van der Waals surface area contributed by atoms with E-state index in [2.05, 4.69) is 22.9 Å². The first-order chi connectivity index (χ1) is 13.2. The number of halogens is 4. The molecule has 0 spiro atoms. The van der Waals surface area contributed by atoms with E-state index in [-0.39, 0.29) is 11.0 Å². The van der Waals surface area contributed by atoms with E-state index in [1.54, 1.807) is 18.2 Å². The van der Waals surface area contributed by atoms with Gasteiger partial charge in [0.15, 0.2) is 5.11 Å². The molecule has 0 fully saturated rings. The highest BCUT2D eigenvalue weighted by molar-refractivity contribution is 7.80. The van der Waals surface area contributed by atoms with Crippen molar-refractivity contribution >= 4 is 75.3 Å². The Morgan fingerprint density at radius 2 is 1.64 bits per heavy atom. The minimum Gasteiger partial charge on any atom is -0.339 e. The summed E-state index contributed by atoms with van der Waals surface area (Å²) < 4.78 is -1.78. The van der Waals surface area contributed by atoms with Gasteiger partial charge < -0.3 is 16.0 Å². The molecule has 9 heteroatoms. The van der Waals surface area contributed by atoms with E-state index in [1.165, 1.54) is 25.7 Å². The maximum absolute atomic E-state index is 12.2. The Balaban J connectivity index is 2.45. The number of benzene rings is 1. The zero-order valence-electron chi connectivity index (χ0n) is 15.9. The second-order valence-electron chi connectivity index (χ2n) is 6.49. The predicted molar refractivity (Wildman–Crippen MR) is 126 cm³/mol. The van der Waals surface area contributed by atoms with Crippen molar-refractivity contribution < 1.29 is 4.79 Å². The highest BCUT2D eigenvalue weighted by Crippen LogP contribution is 2.29. The molecule has 3 N–H and O–H groups in total. The molecule has 0 aliphatic heterocycles. The molecule has 0 aromatic heterocycles. The van der Waals surface area contributed by atoms with Crippen molar-refractivity contribution in [3.8, 4) is 0 Å². The Kier molecular flexibility index (Phi) is 12.5. The summed E-state index contributed by atoms with van der Waals surface area (Å²) in [5, 5.41) is 9.12. The van der Waals surface area contributed by atoms with E-state index in [0.717, 1.165) is 19.3 Å². The van der Waals surface area contributed by atoms with Gasteiger partial charge in [0.1, 0.15) is 6.17 Å². The monoisotopic (exact) mass is 485 g/mol. The minimum atomic E-state index is -1.78. The van der Waals surface area contributed by atoms with Gasteiger partial charge in [0.25, 0.3) is 0 Å². The van der Waals surface area contributed by atoms with E-state index in [1.807, 2.05) is 6.07 Å². The van der Waals surface area contributed by atoms with Crippen molar-refractivity contribution in [1.29, 1.82) is 0 Å². The number of hydrogen-bond donors (Lipinski definition) is 3. The van der Waals surface area contributed by atoms with Gasteiger partial charge in [-0.05, 0) is 30.8 Å². The number of amides is 1. The molecule has 1 amide bonds. The molecule has 0 heterocycles. The normalized spacial score (nSPS) is 12.3. The first-order valence-corrected chi connectivity index (χ1v) is 11.3. The number of para-hydroxylation sites is 1. The van der Waals surface area contributed by atoms with E-state index < -0.39 is 9.96 Å². The van der Waals surface area contributed by atoms with Crippen LogP contribution >= 0.6 is 58.6 Å². The van der Waals surface area contributed by atoms with Gasteiger partial charge in [0.2, 0.25) is 9.70 Å². The summed E-state index contributed by atoms with van der Waals surface area (Å²) >= 11 is 29.3. The fourth-order valence-electron chi connectivity index (χ4n) is 2.53. The molecule has 0 bridgehead atoms. The lowest BCUT2D eigenvalue weighted by atomic mass is 10.1. The zero-order valence-corrected chi connectivity index (χ0v) is 19.7. The van der Waals surface area contributed by atoms with Gasteiger partial charge in [-0.3, -0.25) is 4.79 Å². The molecule has 1 unspecified atom stereocenters. The second-order valence-corrected chi connectivity index (χ2v) is 9.68. The number of rotatable bonds is 11. The smallest absolute Gasteiger partial charge is 0.228 e. The number of unbranched alkanes of at least 4 members (excludes halogenated alkanes) is 6. The largest absolute Gasteiger partial charge is 0.339 e. The summed E-state index contributed by atoms with van der Waals surface area (Å²) in [7, 11) is 0. The number of hydrogen-bond acceptors (Lipinski definition) is 2. The summed E-state index contributed by atoms with van der Waals surface area (Å²) in [4.78, 5) is 12.2. The molecule has 1 aromatic rings. The number of carbonyl (C=O) groups is 1. The Morgan fingerprint density at radius 1 is 1.04 bits per heavy atom. The number of nitrogens with one attached hydrogen (secondary N) is 3. The van der Waals surface area contributed by atoms with Gasteiger partial charge in [-0.25, -0.2) is 0 Å². The number of anilines is 1. The molecule has 28 heavy (non-hydrogen) atoms. The lowest BCUT2D eigenvalue weighted by Crippen LogP contribution is -2.56. The van der Waals surface area contributed by atoms with Crippen LogP contribution in [0.2, 0.25) is 5.02 Å². The summed E-state index contributed by atoms with van der Waals surface area (Å²) in [5.74, 6) is -0.196. The number of thiocarbonyl (C=S) groups is 1. The van der Waals surface area contributed by atoms with E-state index in [9.17, 15) is 4.79 Å². The van der Waals surface area contributed by atoms with Crippen LogP contribution < -0.4 is 16.0 Å². The van der Waals surface area contributed by atoms with Crippen LogP contribution in [0, 0.1) is 0 Å². The van der Waals surface area contributed by atoms with Crippen molar-refractivity contribution in [2.75, 3.05) is 5.32 Å². The van der Waals surface area contributed by atoms with E-state index in [0.29, 0.717) is 17.1 Å². The Morgan fingerprint density at radius 3 is 2.25 bits per heavy atom. The Hall–Kier alpha value is -0.460. The van der Waals surface area contributed by atoms with Gasteiger partial charge in [0.05, 0.1) is 10.7 Å². The Bertz CT molecular complexity index is 625. The van der Waals surface area contributed by atoms with Gasteiger partial charge >= 0.3 is 0 Å². The third-order valence-electron chi connectivity index (χ3n) is 4.04. The summed E-state index contributed by atoms with van der Waals surface area (Å²) in [6, 6.07) is 7.11. The molecule has 158 valence electrons. The number of carbonyl (C=O) groups excluding carboxylic acids is 1. The van der Waals surface area contributed by atoms with Crippen molar-refractivity contribution in [2.45, 2.75) is 68.2 Å². The molecular weight excluding hydrogens is 460 g/mol. The predicted octanol–water partition coefficient (Wildman–Crippen LogP) is 6.58. The maximum atomic E-state index is 12.2. The van der Waals surface area contributed by atoms with Gasteiger partial charge in [0, 0.05) is 6.42 Å². The molecule has 1 aromatic carbocycles. The zero-order chi connectivity index (χ0) is 21.0. The van der Waals surface area contributed by atoms with Crippen LogP contribution in [0.4, 0.5) is 5.69 Å². The highest BCUT2D eigenvalue weighted by atomic mass is 35.6. The van der Waals surface area contributed by atoms with Gasteiger partial charge in [-0.1, -0.05) is 104 Å². The quantitative estimate of drug-likeness (QED) is 0.143. The first-order valence-electron chi connectivity index (χ1n) is 9.42. The van der Waals surface area contributed by atoms with Crippen LogP contribution in [-0.2, 0) is 4.79 Å². The third kappa shape index (κ3) is 10.9. The molecule has 0 aliphatic carbocycles. The molecule has 1 rings (SSSR count). The number of alkyl halides is 3. The SMILES string of the molecule is CCCCCCCCCC(=O)NC(NC(=S)Nc1ccccc1Cl)C(Cl)(Cl)Cl. The van der Waals surface area contributed by atoms with Gasteiger partial charge in [-0.2, -0.15) is 0 Å². The molecule has 4 nitrogen and oxygen atoms in total. The van der Waals surface area contributed by atoms with Crippen molar-refractivity contribution in [1.82, 2.24) is 10.6 Å². The summed E-state index contributed by atoms with van der Waals surface area (Å²) in [6.45, 7) is 2.19. The molecule has 0 aliphatic rings. The van der Waals surface area contributed by atoms with Crippen LogP contribution in [-0.4, -0.2) is 21.0 Å². The lowest BCUT2D eigenvalue weighted by molar-refractivity contribution is -0.122. The van der Waals surface area contributed by atoms with E-state index >= 15 is 0 Å². The van der Waals surface area contributed by atoms with Crippen molar-refractivity contribution in [2.24, 2.45) is 0 Å². The molecule has 0 radical (unpaired) electrons. The average Bonchev–Trinajstić information content (AvgIpc) is 2.61. The second kappa shape index (κ2) is 13.7. The van der Waals surface area contributed by atoms with Crippen LogP contribution in [0.25, 0.3) is 0 Å². The van der Waals surface area contributed by atoms with Gasteiger partial charge in [-0.15, -0.1) is 0 Å². The third-order valence-corrected chi connectivity index (χ3v) is 5.24. The average molecular weight is 487 g/mol.